The molecule has 0 aromatic heterocycles. The summed E-state index contributed by atoms with van der Waals surface area (Å²) in [6.45, 7) is 0. The van der Waals surface area contributed by atoms with E-state index in [-0.39, 0.29) is 24.4 Å². The lowest BCUT2D eigenvalue weighted by atomic mass is 9.90. The number of nitrogens with two attached hydrogens (primary N) is 1. The molecule has 2 unspecified atom stereocenters. The van der Waals surface area contributed by atoms with Crippen molar-refractivity contribution in [3.63, 3.8) is 0 Å². The van der Waals surface area contributed by atoms with Crippen LogP contribution < -0.4 is 5.73 Å². The molecule has 1 fully saturated rings. The van der Waals surface area contributed by atoms with Gasteiger partial charge in [-0.25, -0.2) is 4.39 Å². The molecule has 1 aromatic rings. The van der Waals surface area contributed by atoms with E-state index in [1.807, 2.05) is 0 Å². The Hall–Kier alpha value is -1.14. The number of halogens is 4. The zero-order chi connectivity index (χ0) is 13.6. The van der Waals surface area contributed by atoms with Crippen molar-refractivity contribution < 1.29 is 22.7 Å². The molecule has 100 valence electrons. The van der Waals surface area contributed by atoms with Crippen molar-refractivity contribution >= 4 is 0 Å². The first kappa shape index (κ1) is 13.3. The second-order valence-corrected chi connectivity index (χ2v) is 4.73. The van der Waals surface area contributed by atoms with E-state index in [2.05, 4.69) is 0 Å². The molecule has 2 nitrogen and oxygen atoms in total. The Balaban J connectivity index is 2.42. The van der Waals surface area contributed by atoms with Crippen molar-refractivity contribution in [2.24, 2.45) is 5.73 Å². The average molecular weight is 263 g/mol. The molecule has 0 saturated heterocycles. The number of benzene rings is 1. The average Bonchev–Trinajstić information content (AvgIpc) is 2.58. The van der Waals surface area contributed by atoms with Crippen LogP contribution in [-0.4, -0.2) is 11.1 Å². The predicted molar refractivity (Wildman–Crippen MR) is 57.1 cm³/mol. The van der Waals surface area contributed by atoms with Gasteiger partial charge >= 0.3 is 6.18 Å². The third kappa shape index (κ3) is 2.35. The standard InChI is InChI=1S/C12H13F4NO/c13-10-2-1-7(5-9(10)12(14,15)16)11(18)4-3-8(17)6-11/h1-2,5,8,18H,3-4,6,17H2. The first-order chi connectivity index (χ1) is 8.22. The number of hydrogen-bond acceptors (Lipinski definition) is 2. The van der Waals surface area contributed by atoms with Crippen molar-refractivity contribution in [1.29, 1.82) is 0 Å². The summed E-state index contributed by atoms with van der Waals surface area (Å²) < 4.78 is 50.8. The Bertz CT molecular complexity index is 460. The van der Waals surface area contributed by atoms with E-state index in [0.29, 0.717) is 12.5 Å². The summed E-state index contributed by atoms with van der Waals surface area (Å²) in [4.78, 5) is 0. The highest BCUT2D eigenvalue weighted by molar-refractivity contribution is 5.32. The minimum atomic E-state index is -4.77. The quantitative estimate of drug-likeness (QED) is 0.765. The van der Waals surface area contributed by atoms with Gasteiger partial charge in [-0.1, -0.05) is 6.07 Å². The smallest absolute Gasteiger partial charge is 0.385 e. The van der Waals surface area contributed by atoms with E-state index in [4.69, 9.17) is 5.73 Å². The molecule has 0 amide bonds. The van der Waals surface area contributed by atoms with Gasteiger partial charge in [-0.15, -0.1) is 0 Å². The van der Waals surface area contributed by atoms with Gasteiger partial charge in [0.15, 0.2) is 0 Å². The van der Waals surface area contributed by atoms with Crippen molar-refractivity contribution in [3.05, 3.63) is 35.1 Å². The predicted octanol–water partition coefficient (Wildman–Crippen LogP) is 2.54. The van der Waals surface area contributed by atoms with Gasteiger partial charge in [0.2, 0.25) is 0 Å². The van der Waals surface area contributed by atoms with Crippen molar-refractivity contribution in [2.45, 2.75) is 37.1 Å². The summed E-state index contributed by atoms with van der Waals surface area (Å²) in [6.07, 6.45) is -3.75. The molecule has 1 saturated carbocycles. The van der Waals surface area contributed by atoms with E-state index in [1.165, 1.54) is 6.07 Å². The van der Waals surface area contributed by atoms with Crippen LogP contribution in [0.5, 0.6) is 0 Å². The van der Waals surface area contributed by atoms with Crippen molar-refractivity contribution in [1.82, 2.24) is 0 Å². The molecule has 0 spiro atoms. The summed E-state index contributed by atoms with van der Waals surface area (Å²) >= 11 is 0. The maximum Gasteiger partial charge on any atom is 0.419 e. The van der Waals surface area contributed by atoms with Gasteiger partial charge < -0.3 is 10.8 Å². The third-order valence-electron chi connectivity index (χ3n) is 3.34. The number of hydrogen-bond donors (Lipinski definition) is 2. The monoisotopic (exact) mass is 263 g/mol. The van der Waals surface area contributed by atoms with Crippen LogP contribution in [0.2, 0.25) is 0 Å². The van der Waals surface area contributed by atoms with Crippen LogP contribution in [0.4, 0.5) is 17.6 Å². The van der Waals surface area contributed by atoms with E-state index >= 15 is 0 Å². The highest BCUT2D eigenvalue weighted by Gasteiger charge is 2.40. The first-order valence-electron chi connectivity index (χ1n) is 5.57. The summed E-state index contributed by atoms with van der Waals surface area (Å²) in [5, 5.41) is 10.2. The fraction of sp³-hybridized carbons (Fsp3) is 0.500. The Labute approximate surface area is 101 Å². The minimum Gasteiger partial charge on any atom is -0.385 e. The van der Waals surface area contributed by atoms with Gasteiger partial charge in [-0.2, -0.15) is 13.2 Å². The Kier molecular flexibility index (Phi) is 3.11. The molecule has 6 heteroatoms. The van der Waals surface area contributed by atoms with Crippen LogP contribution in [0.1, 0.15) is 30.4 Å². The van der Waals surface area contributed by atoms with Gasteiger partial charge in [0, 0.05) is 6.04 Å². The molecule has 0 radical (unpaired) electrons. The Morgan fingerprint density at radius 2 is 2.00 bits per heavy atom. The number of aliphatic hydroxyl groups is 1. The summed E-state index contributed by atoms with van der Waals surface area (Å²) in [7, 11) is 0. The van der Waals surface area contributed by atoms with Gasteiger partial charge in [0.05, 0.1) is 11.2 Å². The van der Waals surface area contributed by atoms with Crippen LogP contribution in [0.25, 0.3) is 0 Å². The SMILES string of the molecule is NC1CCC(O)(c2ccc(F)c(C(F)(F)F)c2)C1. The van der Waals surface area contributed by atoms with Crippen molar-refractivity contribution in [3.8, 4) is 0 Å². The van der Waals surface area contributed by atoms with Gasteiger partial charge in [0.25, 0.3) is 0 Å². The van der Waals surface area contributed by atoms with Gasteiger partial charge in [-0.05, 0) is 37.0 Å². The molecular formula is C12H13F4NO. The summed E-state index contributed by atoms with van der Waals surface area (Å²) in [6, 6.07) is 2.35. The van der Waals surface area contributed by atoms with Crippen LogP contribution in [0.3, 0.4) is 0 Å². The van der Waals surface area contributed by atoms with E-state index in [9.17, 15) is 22.7 Å². The number of alkyl halides is 3. The van der Waals surface area contributed by atoms with Crippen LogP contribution in [-0.2, 0) is 11.8 Å². The topological polar surface area (TPSA) is 46.2 Å². The highest BCUT2D eigenvalue weighted by atomic mass is 19.4. The van der Waals surface area contributed by atoms with E-state index in [0.717, 1.165) is 6.07 Å². The Morgan fingerprint density at radius 1 is 1.33 bits per heavy atom. The lowest BCUT2D eigenvalue weighted by molar-refractivity contribution is -0.140. The molecule has 0 bridgehead atoms. The zero-order valence-electron chi connectivity index (χ0n) is 9.47. The molecule has 1 aliphatic rings. The summed E-state index contributed by atoms with van der Waals surface area (Å²) in [5.74, 6) is -1.34. The molecular weight excluding hydrogens is 250 g/mol. The molecule has 2 rings (SSSR count). The fourth-order valence-corrected chi connectivity index (χ4v) is 2.36. The second-order valence-electron chi connectivity index (χ2n) is 4.73. The highest BCUT2D eigenvalue weighted by Crippen LogP contribution is 2.40. The van der Waals surface area contributed by atoms with Crippen molar-refractivity contribution in [2.75, 3.05) is 0 Å². The van der Waals surface area contributed by atoms with Gasteiger partial charge in [0.1, 0.15) is 5.82 Å². The third-order valence-corrected chi connectivity index (χ3v) is 3.34. The molecule has 0 aliphatic heterocycles. The fourth-order valence-electron chi connectivity index (χ4n) is 2.36. The first-order valence-corrected chi connectivity index (χ1v) is 5.57. The van der Waals surface area contributed by atoms with E-state index < -0.39 is 23.2 Å². The normalized spacial score (nSPS) is 28.7. The van der Waals surface area contributed by atoms with Crippen LogP contribution >= 0.6 is 0 Å². The second kappa shape index (κ2) is 4.20. The Morgan fingerprint density at radius 3 is 2.50 bits per heavy atom. The van der Waals surface area contributed by atoms with Crippen LogP contribution in [0, 0.1) is 5.82 Å². The molecule has 1 aromatic carbocycles. The lowest BCUT2D eigenvalue weighted by Gasteiger charge is -2.24. The maximum absolute atomic E-state index is 13.1. The summed E-state index contributed by atoms with van der Waals surface area (Å²) in [5.41, 5.74) is 2.98. The van der Waals surface area contributed by atoms with Crippen LogP contribution in [0.15, 0.2) is 18.2 Å². The molecule has 0 heterocycles. The molecule has 18 heavy (non-hydrogen) atoms. The molecule has 1 aliphatic carbocycles. The van der Waals surface area contributed by atoms with E-state index in [1.54, 1.807) is 0 Å². The molecule has 2 atom stereocenters. The maximum atomic E-state index is 13.1. The largest absolute Gasteiger partial charge is 0.419 e. The number of rotatable bonds is 1. The zero-order valence-corrected chi connectivity index (χ0v) is 9.47. The lowest BCUT2D eigenvalue weighted by Crippen LogP contribution is -2.26. The van der Waals surface area contributed by atoms with Gasteiger partial charge in [-0.3, -0.25) is 0 Å². The molecule has 3 N–H and O–H groups in total. The minimum absolute atomic E-state index is 0.0733.